The molecule has 3 rings (SSSR count). The second kappa shape index (κ2) is 7.94. The van der Waals surface area contributed by atoms with E-state index >= 15 is 0 Å². The Morgan fingerprint density at radius 1 is 1.13 bits per heavy atom. The maximum Gasteiger partial charge on any atom is 0.435 e. The Labute approximate surface area is 169 Å². The summed E-state index contributed by atoms with van der Waals surface area (Å²) >= 11 is 5.66. The van der Waals surface area contributed by atoms with Gasteiger partial charge in [0.15, 0.2) is 5.69 Å². The fraction of sp³-hybridized carbons (Fsp3) is 0.176. The van der Waals surface area contributed by atoms with E-state index in [1.165, 1.54) is 18.2 Å². The number of halogens is 7. The van der Waals surface area contributed by atoms with Gasteiger partial charge >= 0.3 is 12.4 Å². The largest absolute Gasteiger partial charge is 0.435 e. The fourth-order valence-electron chi connectivity index (χ4n) is 2.43. The molecule has 0 saturated carbocycles. The Bertz CT molecular complexity index is 1080. The van der Waals surface area contributed by atoms with Crippen LogP contribution in [0.25, 0.3) is 11.3 Å². The predicted molar refractivity (Wildman–Crippen MR) is 93.7 cm³/mol. The number of carbonyl (C=O) groups is 1. The number of hydrogen-bond acceptors (Lipinski definition) is 4. The van der Waals surface area contributed by atoms with E-state index in [2.05, 4.69) is 20.4 Å². The summed E-state index contributed by atoms with van der Waals surface area (Å²) in [6.07, 6.45) is -6.31. The van der Waals surface area contributed by atoms with Crippen molar-refractivity contribution in [3.05, 3.63) is 59.3 Å². The van der Waals surface area contributed by atoms with Crippen molar-refractivity contribution in [2.24, 2.45) is 0 Å². The Balaban J connectivity index is 1.85. The molecular formula is C17H10ClF6N5O. The lowest BCUT2D eigenvalue weighted by atomic mass is 10.2. The molecule has 3 aromatic rings. The summed E-state index contributed by atoms with van der Waals surface area (Å²) in [4.78, 5) is 19.6. The quantitative estimate of drug-likeness (QED) is 0.579. The first kappa shape index (κ1) is 21.6. The molecule has 3 aromatic heterocycles. The number of pyridine rings is 2. The Morgan fingerprint density at radius 3 is 2.53 bits per heavy atom. The highest BCUT2D eigenvalue weighted by Gasteiger charge is 2.36. The molecule has 0 spiro atoms. The van der Waals surface area contributed by atoms with E-state index in [1.807, 2.05) is 0 Å². The summed E-state index contributed by atoms with van der Waals surface area (Å²) in [6.45, 7) is -1.31. The number of rotatable bonds is 4. The highest BCUT2D eigenvalue weighted by atomic mass is 35.5. The summed E-state index contributed by atoms with van der Waals surface area (Å²) in [5.74, 6) is -0.992. The van der Waals surface area contributed by atoms with Crippen molar-refractivity contribution in [1.82, 2.24) is 19.7 Å². The highest BCUT2D eigenvalue weighted by Crippen LogP contribution is 2.34. The molecule has 158 valence electrons. The monoisotopic (exact) mass is 449 g/mol. The lowest BCUT2D eigenvalue weighted by Crippen LogP contribution is -2.19. The SMILES string of the molecule is O=C(Nc1cc(Cl)cnc1C(F)(F)F)c1cccc(-c2cnn(CC(F)(F)F)c2)n1. The average Bonchev–Trinajstić information content (AvgIpc) is 3.07. The van der Waals surface area contributed by atoms with Gasteiger partial charge in [-0.3, -0.25) is 9.48 Å². The van der Waals surface area contributed by atoms with Crippen molar-refractivity contribution >= 4 is 23.2 Å². The van der Waals surface area contributed by atoms with Crippen LogP contribution in [0.2, 0.25) is 5.02 Å². The van der Waals surface area contributed by atoms with Gasteiger partial charge in [-0.25, -0.2) is 9.97 Å². The van der Waals surface area contributed by atoms with E-state index in [1.54, 1.807) is 0 Å². The van der Waals surface area contributed by atoms with Crippen LogP contribution in [0.4, 0.5) is 32.0 Å². The van der Waals surface area contributed by atoms with Gasteiger partial charge in [0, 0.05) is 18.0 Å². The van der Waals surface area contributed by atoms with Crippen LogP contribution in [0.5, 0.6) is 0 Å². The van der Waals surface area contributed by atoms with Crippen molar-refractivity contribution < 1.29 is 31.1 Å². The number of aromatic nitrogens is 4. The third-order valence-corrected chi connectivity index (χ3v) is 3.83. The van der Waals surface area contributed by atoms with Gasteiger partial charge < -0.3 is 5.32 Å². The van der Waals surface area contributed by atoms with Gasteiger partial charge in [-0.1, -0.05) is 17.7 Å². The van der Waals surface area contributed by atoms with E-state index < -0.39 is 36.2 Å². The molecule has 6 nitrogen and oxygen atoms in total. The van der Waals surface area contributed by atoms with Crippen LogP contribution in [0.1, 0.15) is 16.2 Å². The molecule has 1 amide bonds. The maximum atomic E-state index is 13.1. The molecule has 13 heteroatoms. The molecule has 0 bridgehead atoms. The van der Waals surface area contributed by atoms with Gasteiger partial charge in [0.1, 0.15) is 12.2 Å². The molecule has 0 unspecified atom stereocenters. The minimum atomic E-state index is -4.84. The van der Waals surface area contributed by atoms with E-state index in [4.69, 9.17) is 11.6 Å². The van der Waals surface area contributed by atoms with Gasteiger partial charge in [0.2, 0.25) is 0 Å². The zero-order valence-electron chi connectivity index (χ0n) is 14.6. The van der Waals surface area contributed by atoms with Crippen LogP contribution in [0.3, 0.4) is 0 Å². The van der Waals surface area contributed by atoms with Crippen molar-refractivity contribution in [2.45, 2.75) is 18.9 Å². The van der Waals surface area contributed by atoms with Crippen LogP contribution in [0.15, 0.2) is 42.9 Å². The molecule has 30 heavy (non-hydrogen) atoms. The van der Waals surface area contributed by atoms with E-state index in [-0.39, 0.29) is 22.0 Å². The molecule has 0 aromatic carbocycles. The molecule has 0 atom stereocenters. The van der Waals surface area contributed by atoms with Crippen molar-refractivity contribution in [2.75, 3.05) is 5.32 Å². The summed E-state index contributed by atoms with van der Waals surface area (Å²) in [6, 6.07) is 4.90. The zero-order chi connectivity index (χ0) is 22.1. The molecule has 3 heterocycles. The van der Waals surface area contributed by atoms with Crippen LogP contribution in [0, 0.1) is 0 Å². The number of nitrogens with zero attached hydrogens (tertiary/aromatic N) is 4. The molecule has 0 saturated heterocycles. The van der Waals surface area contributed by atoms with E-state index in [9.17, 15) is 31.1 Å². The lowest BCUT2D eigenvalue weighted by Gasteiger charge is -2.13. The Morgan fingerprint density at radius 2 is 1.87 bits per heavy atom. The Hall–Kier alpha value is -3.15. The fourth-order valence-corrected chi connectivity index (χ4v) is 2.59. The van der Waals surface area contributed by atoms with E-state index in [0.717, 1.165) is 24.7 Å². The first-order chi connectivity index (χ1) is 13.9. The lowest BCUT2D eigenvalue weighted by molar-refractivity contribution is -0.142. The number of alkyl halides is 6. The summed E-state index contributed by atoms with van der Waals surface area (Å²) in [7, 11) is 0. The number of nitrogens with one attached hydrogen (secondary N) is 1. The van der Waals surface area contributed by atoms with Crippen LogP contribution < -0.4 is 5.32 Å². The third-order valence-electron chi connectivity index (χ3n) is 3.62. The van der Waals surface area contributed by atoms with Gasteiger partial charge in [0.25, 0.3) is 5.91 Å². The van der Waals surface area contributed by atoms with Crippen molar-refractivity contribution in [3.8, 4) is 11.3 Å². The van der Waals surface area contributed by atoms with Crippen LogP contribution in [-0.4, -0.2) is 31.8 Å². The third kappa shape index (κ3) is 5.26. The van der Waals surface area contributed by atoms with Gasteiger partial charge in [-0.2, -0.15) is 31.4 Å². The second-order valence-corrected chi connectivity index (χ2v) is 6.39. The normalized spacial score (nSPS) is 12.1. The minimum absolute atomic E-state index is 0.108. The van der Waals surface area contributed by atoms with Gasteiger partial charge in [-0.15, -0.1) is 0 Å². The number of amides is 1. The summed E-state index contributed by atoms with van der Waals surface area (Å²) < 4.78 is 77.2. The zero-order valence-corrected chi connectivity index (χ0v) is 15.3. The van der Waals surface area contributed by atoms with Crippen molar-refractivity contribution in [1.29, 1.82) is 0 Å². The van der Waals surface area contributed by atoms with Crippen LogP contribution >= 0.6 is 11.6 Å². The maximum absolute atomic E-state index is 13.1. The summed E-state index contributed by atoms with van der Waals surface area (Å²) in [5, 5.41) is 5.50. The Kier molecular flexibility index (Phi) is 5.70. The predicted octanol–water partition coefficient (Wildman–Crippen LogP) is 4.83. The van der Waals surface area contributed by atoms with Gasteiger partial charge in [0.05, 0.1) is 22.6 Å². The molecule has 1 N–H and O–H groups in total. The van der Waals surface area contributed by atoms with Crippen LogP contribution in [-0.2, 0) is 12.7 Å². The highest BCUT2D eigenvalue weighted by molar-refractivity contribution is 6.30. The molecule has 0 aliphatic carbocycles. The standard InChI is InChI=1S/C17H10ClF6N5O/c18-10-4-13(14(25-6-10)17(22,23)24)28-15(30)12-3-1-2-11(27-12)9-5-26-29(7-9)8-16(19,20)21/h1-7H,8H2,(H,28,30). The molecule has 0 fully saturated rings. The minimum Gasteiger partial charge on any atom is -0.319 e. The first-order valence-corrected chi connectivity index (χ1v) is 8.41. The second-order valence-electron chi connectivity index (χ2n) is 5.95. The van der Waals surface area contributed by atoms with Gasteiger partial charge in [-0.05, 0) is 18.2 Å². The smallest absolute Gasteiger partial charge is 0.319 e. The number of anilines is 1. The first-order valence-electron chi connectivity index (χ1n) is 8.03. The average molecular weight is 450 g/mol. The molecular weight excluding hydrogens is 440 g/mol. The number of carbonyl (C=O) groups excluding carboxylic acids is 1. The number of hydrogen-bond donors (Lipinski definition) is 1. The summed E-state index contributed by atoms with van der Waals surface area (Å²) in [5.41, 5.74) is -1.98. The topological polar surface area (TPSA) is 72.7 Å². The molecule has 0 aliphatic heterocycles. The van der Waals surface area contributed by atoms with Crippen molar-refractivity contribution in [3.63, 3.8) is 0 Å². The molecule has 0 aliphatic rings. The molecule has 0 radical (unpaired) electrons. The van der Waals surface area contributed by atoms with E-state index in [0.29, 0.717) is 4.68 Å².